The van der Waals surface area contributed by atoms with Crippen molar-refractivity contribution in [1.82, 2.24) is 9.80 Å². The maximum absolute atomic E-state index is 11.9. The maximum Gasteiger partial charge on any atom is 0.236 e. The van der Waals surface area contributed by atoms with E-state index in [-0.39, 0.29) is 5.91 Å². The number of rotatable bonds is 6. The van der Waals surface area contributed by atoms with E-state index in [1.54, 1.807) is 0 Å². The first-order valence-electron chi connectivity index (χ1n) is 6.53. The summed E-state index contributed by atoms with van der Waals surface area (Å²) in [5, 5.41) is 0. The molecule has 4 heteroatoms. The van der Waals surface area contributed by atoms with Gasteiger partial charge in [-0.05, 0) is 12.0 Å². The largest absolute Gasteiger partial charge is 0.341 e. The highest BCUT2D eigenvalue weighted by molar-refractivity contribution is 5.78. The third-order valence-corrected chi connectivity index (χ3v) is 3.26. The average Bonchev–Trinajstić information content (AvgIpc) is 2.28. The van der Waals surface area contributed by atoms with E-state index in [2.05, 4.69) is 17.0 Å². The Bertz CT molecular complexity index is 376. The SMILES string of the molecule is NCCN(CC(=O)N1CCC1)Cc1ccccc1. The van der Waals surface area contributed by atoms with Gasteiger partial charge in [0.2, 0.25) is 5.91 Å². The third-order valence-electron chi connectivity index (χ3n) is 3.26. The molecule has 1 amide bonds. The molecule has 0 aliphatic carbocycles. The molecule has 1 aliphatic heterocycles. The summed E-state index contributed by atoms with van der Waals surface area (Å²) >= 11 is 0. The number of carbonyl (C=O) groups excluding carboxylic acids is 1. The molecule has 0 spiro atoms. The molecular weight excluding hydrogens is 226 g/mol. The van der Waals surface area contributed by atoms with Gasteiger partial charge in [0, 0.05) is 32.7 Å². The molecule has 0 unspecified atom stereocenters. The van der Waals surface area contributed by atoms with Crippen LogP contribution in [0.1, 0.15) is 12.0 Å². The summed E-state index contributed by atoms with van der Waals surface area (Å²) < 4.78 is 0. The third kappa shape index (κ3) is 3.55. The van der Waals surface area contributed by atoms with Crippen LogP contribution in [0.2, 0.25) is 0 Å². The monoisotopic (exact) mass is 247 g/mol. The average molecular weight is 247 g/mol. The molecule has 1 heterocycles. The molecule has 18 heavy (non-hydrogen) atoms. The van der Waals surface area contributed by atoms with Crippen LogP contribution >= 0.6 is 0 Å². The lowest BCUT2D eigenvalue weighted by Crippen LogP contribution is -2.47. The summed E-state index contributed by atoms with van der Waals surface area (Å²) in [7, 11) is 0. The smallest absolute Gasteiger partial charge is 0.236 e. The normalized spacial score (nSPS) is 14.7. The summed E-state index contributed by atoms with van der Waals surface area (Å²) in [6.45, 7) is 4.44. The molecule has 0 bridgehead atoms. The van der Waals surface area contributed by atoms with Gasteiger partial charge >= 0.3 is 0 Å². The molecule has 1 aliphatic rings. The van der Waals surface area contributed by atoms with Crippen LogP contribution in [0.15, 0.2) is 30.3 Å². The second-order valence-electron chi connectivity index (χ2n) is 4.72. The number of hydrogen-bond donors (Lipinski definition) is 1. The number of carbonyl (C=O) groups is 1. The Balaban J connectivity index is 1.88. The summed E-state index contributed by atoms with van der Waals surface area (Å²) in [6, 6.07) is 10.2. The highest BCUT2D eigenvalue weighted by atomic mass is 16.2. The first-order valence-corrected chi connectivity index (χ1v) is 6.53. The molecule has 0 aromatic heterocycles. The van der Waals surface area contributed by atoms with Crippen LogP contribution in [0.3, 0.4) is 0 Å². The van der Waals surface area contributed by atoms with Crippen molar-refractivity contribution in [3.8, 4) is 0 Å². The summed E-state index contributed by atoms with van der Waals surface area (Å²) in [4.78, 5) is 16.0. The van der Waals surface area contributed by atoms with Crippen LogP contribution < -0.4 is 5.73 Å². The van der Waals surface area contributed by atoms with Crippen LogP contribution in [-0.4, -0.2) is 48.4 Å². The Morgan fingerprint density at radius 2 is 2.00 bits per heavy atom. The maximum atomic E-state index is 11.9. The minimum Gasteiger partial charge on any atom is -0.341 e. The molecule has 98 valence electrons. The molecule has 0 atom stereocenters. The van der Waals surface area contributed by atoms with Gasteiger partial charge in [-0.15, -0.1) is 0 Å². The number of hydrogen-bond acceptors (Lipinski definition) is 3. The Kier molecular flexibility index (Phi) is 4.73. The molecule has 2 rings (SSSR count). The van der Waals surface area contributed by atoms with Crippen molar-refractivity contribution in [2.24, 2.45) is 5.73 Å². The van der Waals surface area contributed by atoms with Crippen LogP contribution in [-0.2, 0) is 11.3 Å². The highest BCUT2D eigenvalue weighted by Gasteiger charge is 2.21. The first kappa shape index (κ1) is 13.1. The lowest BCUT2D eigenvalue weighted by atomic mass is 10.2. The van der Waals surface area contributed by atoms with Gasteiger partial charge in [0.1, 0.15) is 0 Å². The van der Waals surface area contributed by atoms with E-state index in [9.17, 15) is 4.79 Å². The zero-order chi connectivity index (χ0) is 12.8. The number of nitrogens with two attached hydrogens (primary N) is 1. The summed E-state index contributed by atoms with van der Waals surface area (Å²) in [5.74, 6) is 0.227. The van der Waals surface area contributed by atoms with Crippen molar-refractivity contribution in [2.75, 3.05) is 32.7 Å². The second kappa shape index (κ2) is 6.52. The Labute approximate surface area is 108 Å². The Hall–Kier alpha value is -1.39. The fourth-order valence-corrected chi connectivity index (χ4v) is 2.10. The van der Waals surface area contributed by atoms with E-state index in [1.807, 2.05) is 23.1 Å². The molecule has 1 aromatic carbocycles. The van der Waals surface area contributed by atoms with Crippen molar-refractivity contribution in [2.45, 2.75) is 13.0 Å². The quantitative estimate of drug-likeness (QED) is 0.804. The van der Waals surface area contributed by atoms with Gasteiger partial charge in [0.25, 0.3) is 0 Å². The van der Waals surface area contributed by atoms with Crippen LogP contribution in [0.5, 0.6) is 0 Å². The predicted octanol–water partition coefficient (Wildman–Crippen LogP) is 0.680. The van der Waals surface area contributed by atoms with Gasteiger partial charge in [-0.25, -0.2) is 0 Å². The van der Waals surface area contributed by atoms with E-state index in [1.165, 1.54) is 5.56 Å². The lowest BCUT2D eigenvalue weighted by molar-refractivity contribution is -0.135. The van der Waals surface area contributed by atoms with E-state index in [0.717, 1.165) is 32.6 Å². The standard InChI is InChI=1S/C14H21N3O/c15-7-10-16(11-13-5-2-1-3-6-13)12-14(18)17-8-4-9-17/h1-3,5-6H,4,7-12,15H2. The van der Waals surface area contributed by atoms with E-state index >= 15 is 0 Å². The van der Waals surface area contributed by atoms with Gasteiger partial charge in [-0.3, -0.25) is 9.69 Å². The van der Waals surface area contributed by atoms with Gasteiger partial charge in [-0.2, -0.15) is 0 Å². The zero-order valence-corrected chi connectivity index (χ0v) is 10.7. The van der Waals surface area contributed by atoms with Crippen molar-refractivity contribution in [3.05, 3.63) is 35.9 Å². The molecular formula is C14H21N3O. The Morgan fingerprint density at radius 3 is 2.56 bits per heavy atom. The van der Waals surface area contributed by atoms with E-state index in [0.29, 0.717) is 13.1 Å². The van der Waals surface area contributed by atoms with Gasteiger partial charge in [0.05, 0.1) is 6.54 Å². The summed E-state index contributed by atoms with van der Waals surface area (Å²) in [5.41, 5.74) is 6.84. The number of nitrogens with zero attached hydrogens (tertiary/aromatic N) is 2. The summed E-state index contributed by atoms with van der Waals surface area (Å²) in [6.07, 6.45) is 1.14. The molecule has 1 saturated heterocycles. The van der Waals surface area contributed by atoms with Gasteiger partial charge < -0.3 is 10.6 Å². The number of likely N-dealkylation sites (tertiary alicyclic amines) is 1. The Morgan fingerprint density at radius 1 is 1.28 bits per heavy atom. The molecule has 1 fully saturated rings. The molecule has 1 aromatic rings. The van der Waals surface area contributed by atoms with Crippen molar-refractivity contribution >= 4 is 5.91 Å². The number of benzene rings is 1. The van der Waals surface area contributed by atoms with E-state index < -0.39 is 0 Å². The van der Waals surface area contributed by atoms with Crippen LogP contribution in [0.4, 0.5) is 0 Å². The van der Waals surface area contributed by atoms with Gasteiger partial charge in [0.15, 0.2) is 0 Å². The minimum absolute atomic E-state index is 0.227. The minimum atomic E-state index is 0.227. The second-order valence-corrected chi connectivity index (χ2v) is 4.72. The first-order chi connectivity index (χ1) is 8.79. The zero-order valence-electron chi connectivity index (χ0n) is 10.7. The topological polar surface area (TPSA) is 49.6 Å². The molecule has 4 nitrogen and oxygen atoms in total. The predicted molar refractivity (Wildman–Crippen MR) is 72.0 cm³/mol. The fourth-order valence-electron chi connectivity index (χ4n) is 2.10. The number of amides is 1. The fraction of sp³-hybridized carbons (Fsp3) is 0.500. The lowest BCUT2D eigenvalue weighted by Gasteiger charge is -2.33. The van der Waals surface area contributed by atoms with Crippen molar-refractivity contribution < 1.29 is 4.79 Å². The molecule has 0 radical (unpaired) electrons. The highest BCUT2D eigenvalue weighted by Crippen LogP contribution is 2.09. The molecule has 0 saturated carbocycles. The van der Waals surface area contributed by atoms with E-state index in [4.69, 9.17) is 5.73 Å². The van der Waals surface area contributed by atoms with Crippen LogP contribution in [0.25, 0.3) is 0 Å². The van der Waals surface area contributed by atoms with Crippen molar-refractivity contribution in [3.63, 3.8) is 0 Å². The van der Waals surface area contributed by atoms with Gasteiger partial charge in [-0.1, -0.05) is 30.3 Å². The van der Waals surface area contributed by atoms with Crippen molar-refractivity contribution in [1.29, 1.82) is 0 Å². The molecule has 2 N–H and O–H groups in total. The van der Waals surface area contributed by atoms with Crippen LogP contribution in [0, 0.1) is 0 Å².